The van der Waals surface area contributed by atoms with Gasteiger partial charge >= 0.3 is 6.03 Å². The second kappa shape index (κ2) is 9.60. The fourth-order valence-electron chi connectivity index (χ4n) is 3.22. The standard InChI is InChI=1S/C25H27FN4O2/c1-25(2,3)18-5-4-6-19(15-18)29-24(32)30-21-10-9-16(13-20(21)26)7-8-17-11-12-28-22(14-17)23(27)31/h4-6,9-15H,7-8H2,1-3H3,(H2,27,31)(H2,29,30,32). The van der Waals surface area contributed by atoms with Crippen LogP contribution in [0.4, 0.5) is 20.6 Å². The molecule has 4 N–H and O–H groups in total. The highest BCUT2D eigenvalue weighted by Crippen LogP contribution is 2.25. The first-order chi connectivity index (χ1) is 15.1. The summed E-state index contributed by atoms with van der Waals surface area (Å²) < 4.78 is 14.6. The van der Waals surface area contributed by atoms with Gasteiger partial charge in [-0.15, -0.1) is 0 Å². The molecule has 0 atom stereocenters. The van der Waals surface area contributed by atoms with Crippen molar-refractivity contribution in [1.82, 2.24) is 4.98 Å². The number of hydrogen-bond donors (Lipinski definition) is 3. The summed E-state index contributed by atoms with van der Waals surface area (Å²) in [5, 5.41) is 5.30. The number of carbonyl (C=O) groups excluding carboxylic acids is 2. The van der Waals surface area contributed by atoms with Gasteiger partial charge in [0, 0.05) is 11.9 Å². The summed E-state index contributed by atoms with van der Waals surface area (Å²) in [5.74, 6) is -1.11. The van der Waals surface area contributed by atoms with Gasteiger partial charge in [0.1, 0.15) is 11.5 Å². The van der Waals surface area contributed by atoms with Gasteiger partial charge in [0.05, 0.1) is 5.69 Å². The first kappa shape index (κ1) is 22.9. The zero-order valence-electron chi connectivity index (χ0n) is 18.4. The topological polar surface area (TPSA) is 97.1 Å². The Bertz CT molecular complexity index is 1140. The van der Waals surface area contributed by atoms with Crippen molar-refractivity contribution in [3.8, 4) is 0 Å². The van der Waals surface area contributed by atoms with Crippen LogP contribution < -0.4 is 16.4 Å². The van der Waals surface area contributed by atoms with Crippen LogP contribution in [-0.4, -0.2) is 16.9 Å². The lowest BCUT2D eigenvalue weighted by atomic mass is 9.87. The Labute approximate surface area is 187 Å². The Balaban J connectivity index is 1.61. The van der Waals surface area contributed by atoms with Crippen LogP contribution in [0.2, 0.25) is 0 Å². The Hall–Kier alpha value is -3.74. The van der Waals surface area contributed by atoms with Crippen LogP contribution in [0.5, 0.6) is 0 Å². The summed E-state index contributed by atoms with van der Waals surface area (Å²) in [6, 6.07) is 15.2. The summed E-state index contributed by atoms with van der Waals surface area (Å²) in [6.45, 7) is 6.28. The van der Waals surface area contributed by atoms with Gasteiger partial charge in [-0.3, -0.25) is 9.78 Å². The molecule has 0 saturated heterocycles. The molecule has 3 aromatic rings. The minimum atomic E-state index is -0.586. The fourth-order valence-corrected chi connectivity index (χ4v) is 3.22. The molecule has 0 spiro atoms. The van der Waals surface area contributed by atoms with Crippen LogP contribution in [0.3, 0.4) is 0 Å². The van der Waals surface area contributed by atoms with Crippen molar-refractivity contribution in [2.24, 2.45) is 5.73 Å². The zero-order chi connectivity index (χ0) is 23.3. The van der Waals surface area contributed by atoms with Crippen molar-refractivity contribution >= 4 is 23.3 Å². The highest BCUT2D eigenvalue weighted by atomic mass is 19.1. The summed E-state index contributed by atoms with van der Waals surface area (Å²) in [5.41, 5.74) is 8.87. The van der Waals surface area contributed by atoms with Gasteiger partial charge in [-0.25, -0.2) is 9.18 Å². The number of rotatable bonds is 6. The molecule has 0 radical (unpaired) electrons. The van der Waals surface area contributed by atoms with Gasteiger partial charge in [-0.05, 0) is 71.3 Å². The Morgan fingerprint density at radius 2 is 1.69 bits per heavy atom. The van der Waals surface area contributed by atoms with E-state index in [9.17, 15) is 14.0 Å². The third kappa shape index (κ3) is 6.14. The molecular weight excluding hydrogens is 407 g/mol. The van der Waals surface area contributed by atoms with Crippen molar-refractivity contribution in [2.45, 2.75) is 39.0 Å². The average Bonchev–Trinajstić information content (AvgIpc) is 2.74. The van der Waals surface area contributed by atoms with E-state index in [1.165, 1.54) is 18.3 Å². The van der Waals surface area contributed by atoms with E-state index in [4.69, 9.17) is 5.73 Å². The predicted molar refractivity (Wildman–Crippen MR) is 124 cm³/mol. The minimum Gasteiger partial charge on any atom is -0.364 e. The van der Waals surface area contributed by atoms with Crippen molar-refractivity contribution in [3.05, 3.63) is 89.0 Å². The number of nitrogens with one attached hydrogen (secondary N) is 2. The molecule has 0 unspecified atom stereocenters. The van der Waals surface area contributed by atoms with Gasteiger partial charge in [-0.2, -0.15) is 0 Å². The van der Waals surface area contributed by atoms with E-state index in [1.807, 2.05) is 18.2 Å². The van der Waals surface area contributed by atoms with Crippen molar-refractivity contribution < 1.29 is 14.0 Å². The Morgan fingerprint density at radius 1 is 0.969 bits per heavy atom. The molecule has 7 heteroatoms. The van der Waals surface area contributed by atoms with Crippen molar-refractivity contribution in [2.75, 3.05) is 10.6 Å². The van der Waals surface area contributed by atoms with Gasteiger partial charge in [0.15, 0.2) is 0 Å². The van der Waals surface area contributed by atoms with Crippen LogP contribution in [0.25, 0.3) is 0 Å². The van der Waals surface area contributed by atoms with E-state index in [-0.39, 0.29) is 16.8 Å². The van der Waals surface area contributed by atoms with Crippen LogP contribution >= 0.6 is 0 Å². The molecule has 0 aliphatic carbocycles. The van der Waals surface area contributed by atoms with Gasteiger partial charge < -0.3 is 16.4 Å². The molecule has 1 heterocycles. The van der Waals surface area contributed by atoms with Crippen LogP contribution in [0, 0.1) is 5.82 Å². The number of urea groups is 1. The number of halogens is 1. The number of nitrogens with zero attached hydrogens (tertiary/aromatic N) is 1. The second-order valence-electron chi connectivity index (χ2n) is 8.64. The molecule has 1 aromatic heterocycles. The van der Waals surface area contributed by atoms with Crippen molar-refractivity contribution in [1.29, 1.82) is 0 Å². The number of primary amides is 1. The number of aromatic nitrogens is 1. The monoisotopic (exact) mass is 434 g/mol. The van der Waals surface area contributed by atoms with E-state index in [2.05, 4.69) is 36.4 Å². The number of amides is 3. The zero-order valence-corrected chi connectivity index (χ0v) is 18.4. The maximum absolute atomic E-state index is 14.6. The molecule has 3 amide bonds. The first-order valence-corrected chi connectivity index (χ1v) is 10.3. The molecule has 3 rings (SSSR count). The smallest absolute Gasteiger partial charge is 0.323 e. The van der Waals surface area contributed by atoms with Gasteiger partial charge in [0.2, 0.25) is 0 Å². The molecule has 166 valence electrons. The number of carbonyl (C=O) groups is 2. The third-order valence-electron chi connectivity index (χ3n) is 5.05. The normalized spacial score (nSPS) is 11.1. The van der Waals surface area contributed by atoms with E-state index in [0.717, 1.165) is 16.7 Å². The predicted octanol–water partition coefficient (Wildman–Crippen LogP) is 5.05. The van der Waals surface area contributed by atoms with Gasteiger partial charge in [0.25, 0.3) is 5.91 Å². The number of aryl methyl sites for hydroxylation is 2. The van der Waals surface area contributed by atoms with Crippen molar-refractivity contribution in [3.63, 3.8) is 0 Å². The molecule has 0 aliphatic heterocycles. The lowest BCUT2D eigenvalue weighted by Crippen LogP contribution is -2.20. The lowest BCUT2D eigenvalue weighted by molar-refractivity contribution is 0.0995. The Morgan fingerprint density at radius 3 is 2.34 bits per heavy atom. The summed E-state index contributed by atoms with van der Waals surface area (Å²) in [4.78, 5) is 27.5. The van der Waals surface area contributed by atoms with E-state index < -0.39 is 17.8 Å². The summed E-state index contributed by atoms with van der Waals surface area (Å²) in [6.07, 6.45) is 2.68. The highest BCUT2D eigenvalue weighted by Gasteiger charge is 2.15. The second-order valence-corrected chi connectivity index (χ2v) is 8.64. The molecule has 0 fully saturated rings. The fraction of sp³-hybridized carbons (Fsp3) is 0.240. The average molecular weight is 435 g/mol. The van der Waals surface area contributed by atoms with Crippen LogP contribution in [0.1, 0.15) is 48.0 Å². The van der Waals surface area contributed by atoms with Crippen LogP contribution in [0.15, 0.2) is 60.8 Å². The summed E-state index contributed by atoms with van der Waals surface area (Å²) >= 11 is 0. The molecule has 32 heavy (non-hydrogen) atoms. The minimum absolute atomic E-state index is 0.0478. The molecule has 2 aromatic carbocycles. The molecule has 6 nitrogen and oxygen atoms in total. The lowest BCUT2D eigenvalue weighted by Gasteiger charge is -2.20. The third-order valence-corrected chi connectivity index (χ3v) is 5.05. The Kier molecular flexibility index (Phi) is 6.88. The van der Waals surface area contributed by atoms with E-state index in [1.54, 1.807) is 24.3 Å². The number of hydrogen-bond acceptors (Lipinski definition) is 3. The summed E-state index contributed by atoms with van der Waals surface area (Å²) in [7, 11) is 0. The number of benzene rings is 2. The number of nitrogens with two attached hydrogens (primary N) is 1. The van der Waals surface area contributed by atoms with E-state index in [0.29, 0.717) is 18.5 Å². The molecule has 0 bridgehead atoms. The first-order valence-electron chi connectivity index (χ1n) is 10.3. The SMILES string of the molecule is CC(C)(C)c1cccc(NC(=O)Nc2ccc(CCc3ccnc(C(N)=O)c3)cc2F)c1. The number of anilines is 2. The molecule has 0 saturated carbocycles. The number of pyridine rings is 1. The van der Waals surface area contributed by atoms with E-state index >= 15 is 0 Å². The maximum Gasteiger partial charge on any atom is 0.323 e. The molecular formula is C25H27FN4O2. The molecule has 0 aliphatic rings. The van der Waals surface area contributed by atoms with Crippen LogP contribution in [-0.2, 0) is 18.3 Å². The van der Waals surface area contributed by atoms with Gasteiger partial charge in [-0.1, -0.05) is 39.0 Å². The maximum atomic E-state index is 14.6. The largest absolute Gasteiger partial charge is 0.364 e. The highest BCUT2D eigenvalue weighted by molar-refractivity contribution is 5.99. The quantitative estimate of drug-likeness (QED) is 0.507.